The van der Waals surface area contributed by atoms with E-state index in [-0.39, 0.29) is 0 Å². The normalized spacial score (nSPS) is 10.6. The van der Waals surface area contributed by atoms with E-state index in [0.29, 0.717) is 5.69 Å². The third kappa shape index (κ3) is 2.67. The largest absolute Gasteiger partial charge is 0.345 e. The second kappa shape index (κ2) is 5.17. The van der Waals surface area contributed by atoms with Crippen LogP contribution in [0.1, 0.15) is 38.7 Å². The zero-order chi connectivity index (χ0) is 13.1. The van der Waals surface area contributed by atoms with Crippen molar-refractivity contribution in [2.75, 3.05) is 0 Å². The first kappa shape index (κ1) is 12.6. The maximum Gasteiger partial charge on any atom is 0.170 e. The van der Waals surface area contributed by atoms with Crippen molar-refractivity contribution in [3.63, 3.8) is 0 Å². The summed E-state index contributed by atoms with van der Waals surface area (Å²) in [6, 6.07) is 6.48. The van der Waals surface area contributed by atoms with Gasteiger partial charge in [-0.25, -0.2) is 4.98 Å². The van der Waals surface area contributed by atoms with Crippen molar-refractivity contribution in [3.05, 3.63) is 52.1 Å². The Morgan fingerprint density at radius 1 is 1.22 bits per heavy atom. The van der Waals surface area contributed by atoms with Gasteiger partial charge >= 0.3 is 0 Å². The van der Waals surface area contributed by atoms with Gasteiger partial charge in [0.2, 0.25) is 0 Å². The van der Waals surface area contributed by atoms with Crippen LogP contribution in [0.15, 0.2) is 18.2 Å². The molecule has 0 atom stereocenters. The fourth-order valence-corrected chi connectivity index (χ4v) is 2.23. The molecule has 0 saturated heterocycles. The molecule has 2 aromatic rings. The van der Waals surface area contributed by atoms with Crippen LogP contribution in [0, 0.1) is 20.8 Å². The lowest BCUT2D eigenvalue weighted by Gasteiger charge is -2.06. The van der Waals surface area contributed by atoms with Crippen LogP contribution in [0.25, 0.3) is 0 Å². The summed E-state index contributed by atoms with van der Waals surface area (Å²) < 4.78 is 0. The molecular formula is C15H18N2O. The smallest absolute Gasteiger partial charge is 0.170 e. The molecule has 0 amide bonds. The molecule has 0 saturated carbocycles. The summed E-state index contributed by atoms with van der Waals surface area (Å²) in [6.45, 7) is 6.09. The number of aryl methyl sites for hydroxylation is 5. The predicted molar refractivity (Wildman–Crippen MR) is 72.0 cm³/mol. The van der Waals surface area contributed by atoms with Gasteiger partial charge in [0.05, 0.1) is 0 Å². The van der Waals surface area contributed by atoms with Gasteiger partial charge in [0, 0.05) is 5.69 Å². The minimum absolute atomic E-state index is 0.539. The van der Waals surface area contributed by atoms with E-state index >= 15 is 0 Å². The van der Waals surface area contributed by atoms with E-state index in [1.54, 1.807) is 0 Å². The Morgan fingerprint density at radius 2 is 2.00 bits per heavy atom. The Bertz CT molecular complexity index is 570. The summed E-state index contributed by atoms with van der Waals surface area (Å²) in [6.07, 6.45) is 2.56. The Hall–Kier alpha value is -1.90. The van der Waals surface area contributed by atoms with Gasteiger partial charge in [-0.1, -0.05) is 23.8 Å². The Kier molecular flexibility index (Phi) is 3.60. The van der Waals surface area contributed by atoms with Crippen LogP contribution in [0.4, 0.5) is 0 Å². The minimum Gasteiger partial charge on any atom is -0.345 e. The van der Waals surface area contributed by atoms with Gasteiger partial charge in [-0.2, -0.15) is 0 Å². The molecule has 0 aliphatic heterocycles. The monoisotopic (exact) mass is 242 g/mol. The molecule has 1 heterocycles. The van der Waals surface area contributed by atoms with Crippen LogP contribution in [-0.4, -0.2) is 16.3 Å². The van der Waals surface area contributed by atoms with Crippen LogP contribution in [0.5, 0.6) is 0 Å². The van der Waals surface area contributed by atoms with E-state index in [2.05, 4.69) is 42.0 Å². The summed E-state index contributed by atoms with van der Waals surface area (Å²) in [4.78, 5) is 18.2. The van der Waals surface area contributed by atoms with E-state index in [9.17, 15) is 4.79 Å². The second-order valence-corrected chi connectivity index (χ2v) is 4.73. The fourth-order valence-electron chi connectivity index (χ4n) is 2.23. The first-order valence-corrected chi connectivity index (χ1v) is 6.17. The van der Waals surface area contributed by atoms with Crippen LogP contribution in [-0.2, 0) is 12.8 Å². The molecule has 0 bridgehead atoms. The van der Waals surface area contributed by atoms with Crippen LogP contribution in [0.2, 0.25) is 0 Å². The number of hydrogen-bond acceptors (Lipinski definition) is 2. The number of nitrogens with one attached hydrogen (secondary N) is 1. The lowest BCUT2D eigenvalue weighted by molar-refractivity contribution is 0.111. The highest BCUT2D eigenvalue weighted by Gasteiger charge is 2.08. The van der Waals surface area contributed by atoms with Crippen LogP contribution < -0.4 is 0 Å². The van der Waals surface area contributed by atoms with E-state index < -0.39 is 0 Å². The maximum absolute atomic E-state index is 10.9. The van der Waals surface area contributed by atoms with Crippen LogP contribution in [0.3, 0.4) is 0 Å². The SMILES string of the molecule is Cc1ccc(CCc2[nH]c(C)nc2C=O)c(C)c1. The number of aromatic nitrogens is 2. The van der Waals surface area contributed by atoms with Gasteiger partial charge in [0.25, 0.3) is 0 Å². The number of rotatable bonds is 4. The summed E-state index contributed by atoms with van der Waals surface area (Å²) in [5.74, 6) is 0.799. The van der Waals surface area contributed by atoms with Gasteiger partial charge in [-0.3, -0.25) is 4.79 Å². The number of nitrogens with zero attached hydrogens (tertiary/aromatic N) is 1. The third-order valence-corrected chi connectivity index (χ3v) is 3.18. The molecular weight excluding hydrogens is 224 g/mol. The molecule has 3 heteroatoms. The highest BCUT2D eigenvalue weighted by Crippen LogP contribution is 2.14. The third-order valence-electron chi connectivity index (χ3n) is 3.18. The predicted octanol–water partition coefficient (Wildman–Crippen LogP) is 2.93. The minimum atomic E-state index is 0.539. The molecule has 1 N–H and O–H groups in total. The topological polar surface area (TPSA) is 45.8 Å². The summed E-state index contributed by atoms with van der Waals surface area (Å²) in [5, 5.41) is 0. The average molecular weight is 242 g/mol. The molecule has 2 rings (SSSR count). The highest BCUT2D eigenvalue weighted by molar-refractivity contribution is 5.73. The van der Waals surface area contributed by atoms with Gasteiger partial charge < -0.3 is 4.98 Å². The van der Waals surface area contributed by atoms with Gasteiger partial charge in [-0.05, 0) is 44.7 Å². The molecule has 0 aliphatic carbocycles. The zero-order valence-corrected chi connectivity index (χ0v) is 11.1. The van der Waals surface area contributed by atoms with Crippen molar-refractivity contribution in [2.45, 2.75) is 33.6 Å². The van der Waals surface area contributed by atoms with E-state index in [1.807, 2.05) is 6.92 Å². The number of hydrogen-bond donors (Lipinski definition) is 1. The van der Waals surface area contributed by atoms with Gasteiger partial charge in [-0.15, -0.1) is 0 Å². The van der Waals surface area contributed by atoms with Crippen molar-refractivity contribution in [3.8, 4) is 0 Å². The van der Waals surface area contributed by atoms with Crippen molar-refractivity contribution in [1.82, 2.24) is 9.97 Å². The van der Waals surface area contributed by atoms with E-state index in [1.165, 1.54) is 16.7 Å². The van der Waals surface area contributed by atoms with Crippen molar-refractivity contribution >= 4 is 6.29 Å². The second-order valence-electron chi connectivity index (χ2n) is 4.73. The summed E-state index contributed by atoms with van der Waals surface area (Å²) in [7, 11) is 0. The molecule has 1 aromatic heterocycles. The molecule has 0 radical (unpaired) electrons. The van der Waals surface area contributed by atoms with Crippen molar-refractivity contribution in [1.29, 1.82) is 0 Å². The Balaban J connectivity index is 2.13. The molecule has 94 valence electrons. The maximum atomic E-state index is 10.9. The first-order chi connectivity index (χ1) is 8.60. The molecule has 0 unspecified atom stereocenters. The number of aromatic amines is 1. The van der Waals surface area contributed by atoms with Gasteiger partial charge in [0.15, 0.2) is 6.29 Å². The van der Waals surface area contributed by atoms with E-state index in [0.717, 1.165) is 30.6 Å². The molecule has 1 aromatic carbocycles. The lowest BCUT2D eigenvalue weighted by atomic mass is 10.0. The quantitative estimate of drug-likeness (QED) is 0.838. The number of benzene rings is 1. The molecule has 3 nitrogen and oxygen atoms in total. The summed E-state index contributed by atoms with van der Waals surface area (Å²) >= 11 is 0. The molecule has 18 heavy (non-hydrogen) atoms. The summed E-state index contributed by atoms with van der Waals surface area (Å²) in [5.41, 5.74) is 5.38. The Labute approximate surface area is 107 Å². The zero-order valence-electron chi connectivity index (χ0n) is 11.1. The van der Waals surface area contributed by atoms with E-state index in [4.69, 9.17) is 0 Å². The number of imidazole rings is 1. The van der Waals surface area contributed by atoms with Gasteiger partial charge in [0.1, 0.15) is 11.5 Å². The fraction of sp³-hybridized carbons (Fsp3) is 0.333. The standard InChI is InChI=1S/C15H18N2O/c1-10-4-5-13(11(2)8-10)6-7-14-15(9-18)17-12(3)16-14/h4-5,8-9H,6-7H2,1-3H3,(H,16,17). The number of carbonyl (C=O) groups is 1. The molecule has 0 fully saturated rings. The number of H-pyrrole nitrogens is 1. The first-order valence-electron chi connectivity index (χ1n) is 6.17. The average Bonchev–Trinajstić information content (AvgIpc) is 2.68. The number of aldehydes is 1. The number of carbonyl (C=O) groups excluding carboxylic acids is 1. The molecule has 0 spiro atoms. The molecule has 0 aliphatic rings. The lowest BCUT2D eigenvalue weighted by Crippen LogP contribution is -1.98. The Morgan fingerprint density at radius 3 is 2.67 bits per heavy atom. The van der Waals surface area contributed by atoms with Crippen LogP contribution >= 0.6 is 0 Å². The van der Waals surface area contributed by atoms with Crippen molar-refractivity contribution < 1.29 is 4.79 Å². The highest BCUT2D eigenvalue weighted by atomic mass is 16.1. The van der Waals surface area contributed by atoms with Crippen molar-refractivity contribution in [2.24, 2.45) is 0 Å².